The molecule has 6 rings (SSSR count). The van der Waals surface area contributed by atoms with Crippen molar-refractivity contribution in [2.24, 2.45) is 0 Å². The van der Waals surface area contributed by atoms with Gasteiger partial charge in [0, 0.05) is 48.7 Å². The minimum Gasteiger partial charge on any atom is -0.411 e. The molecule has 1 aromatic heterocycles. The molecule has 0 spiro atoms. The lowest BCUT2D eigenvalue weighted by Gasteiger charge is -2.36. The van der Waals surface area contributed by atoms with Gasteiger partial charge in [0.2, 0.25) is 11.8 Å². The number of aromatic nitrogens is 2. The van der Waals surface area contributed by atoms with Crippen molar-refractivity contribution >= 4 is 45.7 Å². The van der Waals surface area contributed by atoms with Crippen molar-refractivity contribution in [3.05, 3.63) is 102 Å². The average molecular weight is 568 g/mol. The summed E-state index contributed by atoms with van der Waals surface area (Å²) in [6.45, 7) is 2.51. The molecular formula is C31H26FN5O3S. The minimum atomic E-state index is -0.358. The number of carbonyl (C=O) groups is 2. The first kappa shape index (κ1) is 26.5. The highest BCUT2D eigenvalue weighted by Gasteiger charge is 2.22. The maximum absolute atomic E-state index is 13.2. The zero-order valence-electron chi connectivity index (χ0n) is 22.0. The quantitative estimate of drug-likeness (QED) is 0.252. The second-order valence-electron chi connectivity index (χ2n) is 9.57. The number of thioether (sulfide) groups is 1. The third-order valence-electron chi connectivity index (χ3n) is 6.93. The van der Waals surface area contributed by atoms with E-state index in [0.29, 0.717) is 48.5 Å². The van der Waals surface area contributed by atoms with E-state index in [2.05, 4.69) is 20.4 Å². The second-order valence-corrected chi connectivity index (χ2v) is 10.5. The van der Waals surface area contributed by atoms with E-state index in [4.69, 9.17) is 4.42 Å². The number of fused-ring (bicyclic) bond motifs is 1. The van der Waals surface area contributed by atoms with Crippen LogP contribution in [0.4, 0.5) is 15.8 Å². The first-order valence-electron chi connectivity index (χ1n) is 13.2. The number of piperazine rings is 1. The van der Waals surface area contributed by atoms with Gasteiger partial charge < -0.3 is 19.5 Å². The molecule has 5 aromatic rings. The second kappa shape index (κ2) is 11.8. The summed E-state index contributed by atoms with van der Waals surface area (Å²) in [5.74, 6) is -0.0847. The van der Waals surface area contributed by atoms with E-state index in [1.165, 1.54) is 36.0 Å². The molecule has 0 bridgehead atoms. The Balaban J connectivity index is 0.991. The van der Waals surface area contributed by atoms with Crippen molar-refractivity contribution in [2.75, 3.05) is 42.1 Å². The first-order valence-corrected chi connectivity index (χ1v) is 14.2. The molecule has 41 heavy (non-hydrogen) atoms. The van der Waals surface area contributed by atoms with Gasteiger partial charge in [-0.3, -0.25) is 9.59 Å². The van der Waals surface area contributed by atoms with E-state index in [1.807, 2.05) is 66.7 Å². The predicted octanol–water partition coefficient (Wildman–Crippen LogP) is 5.72. The minimum absolute atomic E-state index is 0.0918. The molecule has 0 aliphatic carbocycles. The first-order chi connectivity index (χ1) is 20.0. The van der Waals surface area contributed by atoms with E-state index < -0.39 is 0 Å². The van der Waals surface area contributed by atoms with Crippen LogP contribution in [-0.2, 0) is 4.79 Å². The molecule has 0 saturated carbocycles. The van der Waals surface area contributed by atoms with Crippen molar-refractivity contribution in [2.45, 2.75) is 5.22 Å². The lowest BCUT2D eigenvalue weighted by Crippen LogP contribution is -2.48. The zero-order valence-corrected chi connectivity index (χ0v) is 22.8. The van der Waals surface area contributed by atoms with E-state index >= 15 is 0 Å². The Morgan fingerprint density at radius 1 is 0.854 bits per heavy atom. The molecule has 1 aliphatic heterocycles. The van der Waals surface area contributed by atoms with Gasteiger partial charge in [-0.05, 0) is 65.4 Å². The van der Waals surface area contributed by atoms with Gasteiger partial charge in [-0.15, -0.1) is 10.2 Å². The molecule has 1 fully saturated rings. The molecule has 1 N–H and O–H groups in total. The number of hydrogen-bond acceptors (Lipinski definition) is 7. The Labute approximate surface area is 240 Å². The van der Waals surface area contributed by atoms with Crippen LogP contribution in [0.2, 0.25) is 0 Å². The van der Waals surface area contributed by atoms with Gasteiger partial charge in [-0.25, -0.2) is 4.39 Å². The normalized spacial score (nSPS) is 13.4. The van der Waals surface area contributed by atoms with Crippen LogP contribution in [0.1, 0.15) is 10.4 Å². The van der Waals surface area contributed by atoms with Crippen LogP contribution >= 0.6 is 11.8 Å². The summed E-state index contributed by atoms with van der Waals surface area (Å²) in [5.41, 5.74) is 3.04. The van der Waals surface area contributed by atoms with Gasteiger partial charge in [0.25, 0.3) is 11.1 Å². The summed E-state index contributed by atoms with van der Waals surface area (Å²) in [4.78, 5) is 29.2. The number of benzene rings is 4. The number of halogens is 1. The molecule has 10 heteroatoms. The highest BCUT2D eigenvalue weighted by atomic mass is 32.2. The third kappa shape index (κ3) is 6.07. The Hall–Kier alpha value is -4.70. The highest BCUT2D eigenvalue weighted by molar-refractivity contribution is 7.99. The van der Waals surface area contributed by atoms with Crippen molar-refractivity contribution in [3.8, 4) is 11.5 Å². The standard InChI is InChI=1S/C31H26FN5O3S/c32-23-10-8-22(9-11-23)30(39)37-18-16-36(17-19-37)25-14-12-24(13-15-25)33-28(38)20-41-31-35-34-29(40-31)27-7-3-5-21-4-1-2-6-26(21)27/h1-15H,16-20H2,(H,33,38). The molecule has 0 atom stereocenters. The molecule has 1 saturated heterocycles. The van der Waals surface area contributed by atoms with E-state index in [-0.39, 0.29) is 23.4 Å². The fourth-order valence-electron chi connectivity index (χ4n) is 4.81. The van der Waals surface area contributed by atoms with Crippen molar-refractivity contribution in [3.63, 3.8) is 0 Å². The van der Waals surface area contributed by atoms with Crippen LogP contribution in [0, 0.1) is 5.82 Å². The Morgan fingerprint density at radius 3 is 2.37 bits per heavy atom. The maximum atomic E-state index is 13.2. The Kier molecular flexibility index (Phi) is 7.64. The van der Waals surface area contributed by atoms with Crippen LogP contribution in [-0.4, -0.2) is 58.8 Å². The van der Waals surface area contributed by atoms with Gasteiger partial charge in [0.1, 0.15) is 5.82 Å². The van der Waals surface area contributed by atoms with Crippen LogP contribution in [0.15, 0.2) is 101 Å². The summed E-state index contributed by atoms with van der Waals surface area (Å²) in [7, 11) is 0. The van der Waals surface area contributed by atoms with Gasteiger partial charge in [-0.1, -0.05) is 48.2 Å². The smallest absolute Gasteiger partial charge is 0.277 e. The van der Waals surface area contributed by atoms with E-state index in [0.717, 1.165) is 22.0 Å². The number of anilines is 2. The molecule has 0 radical (unpaired) electrons. The van der Waals surface area contributed by atoms with E-state index in [9.17, 15) is 14.0 Å². The lowest BCUT2D eigenvalue weighted by molar-refractivity contribution is -0.113. The SMILES string of the molecule is O=C(CSc1nnc(-c2cccc3ccccc23)o1)Nc1ccc(N2CCN(C(=O)c3ccc(F)cc3)CC2)cc1. The fourth-order valence-corrected chi connectivity index (χ4v) is 5.37. The Bertz CT molecular complexity index is 1680. The van der Waals surface area contributed by atoms with Gasteiger partial charge in [0.05, 0.1) is 5.75 Å². The van der Waals surface area contributed by atoms with Crippen LogP contribution < -0.4 is 10.2 Å². The lowest BCUT2D eigenvalue weighted by atomic mass is 10.0. The summed E-state index contributed by atoms with van der Waals surface area (Å²) in [6.07, 6.45) is 0. The van der Waals surface area contributed by atoms with Crippen molar-refractivity contribution in [1.82, 2.24) is 15.1 Å². The molecule has 206 valence electrons. The Morgan fingerprint density at radius 2 is 1.59 bits per heavy atom. The summed E-state index contributed by atoms with van der Waals surface area (Å²) < 4.78 is 19.0. The molecule has 0 unspecified atom stereocenters. The molecule has 2 amide bonds. The van der Waals surface area contributed by atoms with Crippen LogP contribution in [0.3, 0.4) is 0 Å². The number of nitrogens with one attached hydrogen (secondary N) is 1. The maximum Gasteiger partial charge on any atom is 0.277 e. The number of carbonyl (C=O) groups excluding carboxylic acids is 2. The molecule has 1 aliphatic rings. The van der Waals surface area contributed by atoms with Crippen LogP contribution in [0.5, 0.6) is 0 Å². The molecule has 4 aromatic carbocycles. The summed E-state index contributed by atoms with van der Waals surface area (Å²) in [5, 5.41) is 13.6. The largest absolute Gasteiger partial charge is 0.411 e. The summed E-state index contributed by atoms with van der Waals surface area (Å²) >= 11 is 1.18. The molecule has 8 nitrogen and oxygen atoms in total. The zero-order chi connectivity index (χ0) is 28.2. The molecule has 2 heterocycles. The van der Waals surface area contributed by atoms with Crippen LogP contribution in [0.25, 0.3) is 22.2 Å². The van der Waals surface area contributed by atoms with Gasteiger partial charge >= 0.3 is 0 Å². The number of hydrogen-bond donors (Lipinski definition) is 1. The monoisotopic (exact) mass is 567 g/mol. The van der Waals surface area contributed by atoms with Crippen molar-refractivity contribution in [1.29, 1.82) is 0 Å². The van der Waals surface area contributed by atoms with E-state index in [1.54, 1.807) is 4.90 Å². The number of rotatable bonds is 7. The predicted molar refractivity (Wildman–Crippen MR) is 158 cm³/mol. The fraction of sp³-hybridized carbons (Fsp3) is 0.161. The van der Waals surface area contributed by atoms with Gasteiger partial charge in [-0.2, -0.15) is 0 Å². The average Bonchev–Trinajstić information content (AvgIpc) is 3.49. The van der Waals surface area contributed by atoms with Crippen molar-refractivity contribution < 1.29 is 18.4 Å². The number of amides is 2. The highest BCUT2D eigenvalue weighted by Crippen LogP contribution is 2.29. The van der Waals surface area contributed by atoms with Gasteiger partial charge in [0.15, 0.2) is 0 Å². The number of nitrogens with zero attached hydrogens (tertiary/aromatic N) is 4. The molecular weight excluding hydrogens is 541 g/mol. The third-order valence-corrected chi connectivity index (χ3v) is 7.75. The topological polar surface area (TPSA) is 91.6 Å². The summed E-state index contributed by atoms with van der Waals surface area (Å²) in [6, 6.07) is 27.2.